The highest BCUT2D eigenvalue weighted by Gasteiger charge is 2.40. The Morgan fingerprint density at radius 3 is 2.40 bits per heavy atom. The molecule has 0 aliphatic carbocycles. The molecule has 2 unspecified atom stereocenters. The van der Waals surface area contributed by atoms with Crippen LogP contribution in [0.4, 0.5) is 21.5 Å². The van der Waals surface area contributed by atoms with Crippen molar-refractivity contribution in [2.75, 3.05) is 43.1 Å². The standard InChI is InChI=1S/C38H37FN6O4S/c39-33(26-7-2-1-3-8-26)36(47)44-20-6-10-32(44)35(46)41-28-13-11-27(12-14-28)34-37(48)45(25-30-9-4-5-19-40-30)38(50-34)42-29-15-17-31(18-16-29)43-21-23-49-24-22-43/h1-5,7-9,11-19,32-34H,6,10,20-25H2,(H,41,46)/b42-38-/t32-,33?,34?/m0/s1. The number of amides is 3. The van der Waals surface area contributed by atoms with Gasteiger partial charge in [-0.05, 0) is 72.5 Å². The zero-order valence-electron chi connectivity index (χ0n) is 27.4. The molecule has 3 fully saturated rings. The molecule has 12 heteroatoms. The minimum Gasteiger partial charge on any atom is -0.378 e. The molecule has 0 saturated carbocycles. The average molecular weight is 693 g/mol. The number of hydrogen-bond donors (Lipinski definition) is 1. The number of amidine groups is 1. The molecular formula is C38H37FN6O4S. The summed E-state index contributed by atoms with van der Waals surface area (Å²) in [5.74, 6) is -1.19. The fraction of sp³-hybridized carbons (Fsp3) is 0.289. The van der Waals surface area contributed by atoms with Crippen LogP contribution in [0.5, 0.6) is 0 Å². The number of thioether (sulfide) groups is 1. The maximum atomic E-state index is 15.1. The first-order valence-corrected chi connectivity index (χ1v) is 17.6. The molecule has 50 heavy (non-hydrogen) atoms. The summed E-state index contributed by atoms with van der Waals surface area (Å²) in [6, 6.07) is 28.2. The lowest BCUT2D eigenvalue weighted by atomic mass is 10.1. The Morgan fingerprint density at radius 2 is 1.68 bits per heavy atom. The van der Waals surface area contributed by atoms with E-state index in [1.54, 1.807) is 53.6 Å². The fourth-order valence-electron chi connectivity index (χ4n) is 6.40. The molecular weight excluding hydrogens is 656 g/mol. The third-order valence-electron chi connectivity index (χ3n) is 9.07. The predicted octanol–water partition coefficient (Wildman–Crippen LogP) is 6.06. The summed E-state index contributed by atoms with van der Waals surface area (Å²) in [6.07, 6.45) is 0.941. The van der Waals surface area contributed by atoms with Crippen LogP contribution in [0.25, 0.3) is 0 Å². The van der Waals surface area contributed by atoms with Crippen molar-refractivity contribution in [3.05, 3.63) is 120 Å². The Balaban J connectivity index is 1.05. The lowest BCUT2D eigenvalue weighted by molar-refractivity contribution is -0.141. The third-order valence-corrected chi connectivity index (χ3v) is 10.3. The number of nitrogens with zero attached hydrogens (tertiary/aromatic N) is 5. The smallest absolute Gasteiger partial charge is 0.262 e. The monoisotopic (exact) mass is 692 g/mol. The van der Waals surface area contributed by atoms with E-state index in [2.05, 4.69) is 15.2 Å². The van der Waals surface area contributed by atoms with Gasteiger partial charge in [-0.2, -0.15) is 0 Å². The van der Waals surface area contributed by atoms with Crippen LogP contribution in [0.2, 0.25) is 0 Å². The summed E-state index contributed by atoms with van der Waals surface area (Å²) in [5, 5.41) is 2.92. The van der Waals surface area contributed by atoms with E-state index in [0.29, 0.717) is 43.5 Å². The van der Waals surface area contributed by atoms with Crippen molar-refractivity contribution in [3.8, 4) is 0 Å². The molecule has 4 heterocycles. The topological polar surface area (TPSA) is 107 Å². The van der Waals surface area contributed by atoms with Crippen LogP contribution in [-0.2, 0) is 25.7 Å². The maximum Gasteiger partial charge on any atom is 0.262 e. The number of carbonyl (C=O) groups is 3. The molecule has 7 rings (SSSR count). The second-order valence-corrected chi connectivity index (χ2v) is 13.4. The van der Waals surface area contributed by atoms with Crippen LogP contribution in [0.3, 0.4) is 0 Å². The first-order chi connectivity index (χ1) is 24.4. The highest BCUT2D eigenvalue weighted by molar-refractivity contribution is 8.15. The first kappa shape index (κ1) is 33.4. The average Bonchev–Trinajstić information content (AvgIpc) is 3.78. The number of carbonyl (C=O) groups excluding carboxylic acids is 3. The number of likely N-dealkylation sites (tertiary alicyclic amines) is 1. The molecule has 4 aromatic rings. The molecule has 3 aliphatic heterocycles. The molecule has 3 atom stereocenters. The van der Waals surface area contributed by atoms with Crippen LogP contribution in [0.15, 0.2) is 108 Å². The van der Waals surface area contributed by atoms with Crippen molar-refractivity contribution in [2.45, 2.75) is 36.8 Å². The van der Waals surface area contributed by atoms with Crippen molar-refractivity contribution in [2.24, 2.45) is 4.99 Å². The number of hydrogen-bond acceptors (Lipinski definition) is 8. The number of aromatic nitrogens is 1. The maximum absolute atomic E-state index is 15.1. The van der Waals surface area contributed by atoms with Gasteiger partial charge in [0, 0.05) is 37.2 Å². The number of anilines is 2. The van der Waals surface area contributed by atoms with Crippen molar-refractivity contribution < 1.29 is 23.5 Å². The van der Waals surface area contributed by atoms with Gasteiger partial charge < -0.3 is 19.9 Å². The SMILES string of the molecule is O=C(Nc1ccc(C2S/C(=N\c3ccc(N4CCOCC4)cc3)N(Cc3ccccn3)C2=O)cc1)[C@@H]1CCCN1C(=O)C(F)c1ccccc1. The van der Waals surface area contributed by atoms with E-state index in [1.165, 1.54) is 16.7 Å². The van der Waals surface area contributed by atoms with Crippen LogP contribution < -0.4 is 10.2 Å². The summed E-state index contributed by atoms with van der Waals surface area (Å²) in [6.45, 7) is 3.69. The molecule has 0 spiro atoms. The highest BCUT2D eigenvalue weighted by Crippen LogP contribution is 2.41. The van der Waals surface area contributed by atoms with Crippen LogP contribution >= 0.6 is 11.8 Å². The molecule has 0 bridgehead atoms. The fourth-order valence-corrected chi connectivity index (χ4v) is 7.57. The molecule has 3 amide bonds. The van der Waals surface area contributed by atoms with Crippen LogP contribution in [0.1, 0.15) is 41.1 Å². The van der Waals surface area contributed by atoms with E-state index in [1.807, 2.05) is 54.6 Å². The van der Waals surface area contributed by atoms with Crippen molar-refractivity contribution >= 4 is 51.7 Å². The first-order valence-electron chi connectivity index (χ1n) is 16.7. The molecule has 1 N–H and O–H groups in total. The quantitative estimate of drug-likeness (QED) is 0.227. The van der Waals surface area contributed by atoms with Gasteiger partial charge in [-0.3, -0.25) is 24.3 Å². The van der Waals surface area contributed by atoms with E-state index in [9.17, 15) is 14.4 Å². The minimum absolute atomic E-state index is 0.111. The van der Waals surface area contributed by atoms with Gasteiger partial charge in [-0.25, -0.2) is 9.38 Å². The second-order valence-electron chi connectivity index (χ2n) is 12.3. The number of alkyl halides is 1. The van der Waals surface area contributed by atoms with Gasteiger partial charge in [0.05, 0.1) is 31.1 Å². The highest BCUT2D eigenvalue weighted by atomic mass is 32.2. The zero-order valence-corrected chi connectivity index (χ0v) is 28.2. The minimum atomic E-state index is -1.83. The van der Waals surface area contributed by atoms with E-state index < -0.39 is 23.4 Å². The molecule has 10 nitrogen and oxygen atoms in total. The summed E-state index contributed by atoms with van der Waals surface area (Å²) in [4.78, 5) is 54.8. The van der Waals surface area contributed by atoms with Gasteiger partial charge in [0.25, 0.3) is 5.91 Å². The number of benzene rings is 3. The number of nitrogens with one attached hydrogen (secondary N) is 1. The Labute approximate surface area is 294 Å². The van der Waals surface area contributed by atoms with Gasteiger partial charge in [0.15, 0.2) is 5.17 Å². The van der Waals surface area contributed by atoms with E-state index in [-0.39, 0.29) is 23.9 Å². The Bertz CT molecular complexity index is 1840. The summed E-state index contributed by atoms with van der Waals surface area (Å²) in [5.41, 5.74) is 4.15. The van der Waals surface area contributed by atoms with E-state index in [0.717, 1.165) is 35.7 Å². The number of rotatable bonds is 9. The molecule has 3 aliphatic rings. The lowest BCUT2D eigenvalue weighted by Gasteiger charge is -2.28. The van der Waals surface area contributed by atoms with Crippen molar-refractivity contribution in [1.29, 1.82) is 0 Å². The van der Waals surface area contributed by atoms with E-state index in [4.69, 9.17) is 9.73 Å². The van der Waals surface area contributed by atoms with E-state index >= 15 is 4.39 Å². The van der Waals surface area contributed by atoms with Gasteiger partial charge in [0.1, 0.15) is 11.3 Å². The number of pyridine rings is 1. The summed E-state index contributed by atoms with van der Waals surface area (Å²) < 4.78 is 20.6. The number of morpholine rings is 1. The van der Waals surface area contributed by atoms with Gasteiger partial charge >= 0.3 is 0 Å². The molecule has 1 aromatic heterocycles. The molecule has 3 saturated heterocycles. The normalized spacial score (nSPS) is 20.7. The Morgan fingerprint density at radius 1 is 0.940 bits per heavy atom. The Kier molecular flexibility index (Phi) is 10.2. The Hall–Kier alpha value is -5.07. The van der Waals surface area contributed by atoms with Crippen molar-refractivity contribution in [3.63, 3.8) is 0 Å². The number of aliphatic imine (C=N–C) groups is 1. The largest absolute Gasteiger partial charge is 0.378 e. The van der Waals surface area contributed by atoms with Gasteiger partial charge in [-0.1, -0.05) is 60.3 Å². The molecule has 256 valence electrons. The summed E-state index contributed by atoms with van der Waals surface area (Å²) in [7, 11) is 0. The van der Waals surface area contributed by atoms with Crippen LogP contribution in [0, 0.1) is 0 Å². The molecule has 3 aromatic carbocycles. The third kappa shape index (κ3) is 7.41. The van der Waals surface area contributed by atoms with Gasteiger partial charge in [0.2, 0.25) is 18.0 Å². The number of halogens is 1. The molecule has 0 radical (unpaired) electrons. The van der Waals surface area contributed by atoms with Gasteiger partial charge in [-0.15, -0.1) is 0 Å². The zero-order chi connectivity index (χ0) is 34.5. The lowest BCUT2D eigenvalue weighted by Crippen LogP contribution is -2.44. The van der Waals surface area contributed by atoms with Crippen molar-refractivity contribution in [1.82, 2.24) is 14.8 Å². The number of ether oxygens (including phenoxy) is 1. The predicted molar refractivity (Wildman–Crippen MR) is 192 cm³/mol. The second kappa shape index (κ2) is 15.2. The summed E-state index contributed by atoms with van der Waals surface area (Å²) >= 11 is 1.38. The van der Waals surface area contributed by atoms with Crippen LogP contribution in [-0.4, -0.2) is 76.6 Å².